The number of hydrogen-bond acceptors (Lipinski definition) is 5. The first-order chi connectivity index (χ1) is 17.4. The fourth-order valence-corrected chi connectivity index (χ4v) is 3.89. The molecule has 0 aliphatic carbocycles. The van der Waals surface area contributed by atoms with Crippen molar-refractivity contribution in [3.8, 4) is 11.5 Å². The predicted octanol–water partition coefficient (Wildman–Crippen LogP) is 6.82. The van der Waals surface area contributed by atoms with Crippen LogP contribution in [0.5, 0.6) is 11.5 Å². The van der Waals surface area contributed by atoms with Crippen molar-refractivity contribution in [2.75, 3.05) is 11.9 Å². The molecule has 5 nitrogen and oxygen atoms in total. The van der Waals surface area contributed by atoms with Crippen LogP contribution in [0.15, 0.2) is 91.4 Å². The number of halogens is 4. The molecule has 4 aromatic rings. The lowest BCUT2D eigenvalue weighted by molar-refractivity contribution is -0.0692. The molecule has 2 heterocycles. The van der Waals surface area contributed by atoms with Crippen LogP contribution in [-0.2, 0) is 6.42 Å². The number of alkyl halides is 4. The van der Waals surface area contributed by atoms with Gasteiger partial charge in [-0.15, -0.1) is 0 Å². The summed E-state index contributed by atoms with van der Waals surface area (Å²) in [5, 5.41) is 0. The summed E-state index contributed by atoms with van der Waals surface area (Å²) in [7, 11) is 1.90. The lowest BCUT2D eigenvalue weighted by Gasteiger charge is -2.22. The second-order valence-electron chi connectivity index (χ2n) is 7.92. The summed E-state index contributed by atoms with van der Waals surface area (Å²) < 4.78 is 60.5. The van der Waals surface area contributed by atoms with Gasteiger partial charge >= 0.3 is 13.2 Å². The smallest absolute Gasteiger partial charge is 0.387 e. The molecular weight excluding hydrogens is 474 g/mol. The monoisotopic (exact) mass is 497 g/mol. The lowest BCUT2D eigenvalue weighted by atomic mass is 9.86. The second-order valence-corrected chi connectivity index (χ2v) is 7.92. The summed E-state index contributed by atoms with van der Waals surface area (Å²) in [5.74, 6) is -0.544. The number of benzene rings is 2. The number of hydrogen-bond donors (Lipinski definition) is 0. The normalized spacial score (nSPS) is 12.0. The maximum atomic E-state index is 13.0. The van der Waals surface area contributed by atoms with Crippen molar-refractivity contribution in [3.05, 3.63) is 108 Å². The van der Waals surface area contributed by atoms with Crippen molar-refractivity contribution in [2.24, 2.45) is 0 Å². The average Bonchev–Trinajstić information content (AvgIpc) is 2.89. The third-order valence-corrected chi connectivity index (χ3v) is 5.65. The zero-order valence-corrected chi connectivity index (χ0v) is 19.3. The first-order valence-corrected chi connectivity index (χ1v) is 11.1. The largest absolute Gasteiger partial charge is 0.431 e. The number of rotatable bonds is 10. The first kappa shape index (κ1) is 25.0. The van der Waals surface area contributed by atoms with E-state index >= 15 is 0 Å². The van der Waals surface area contributed by atoms with E-state index in [4.69, 9.17) is 0 Å². The van der Waals surface area contributed by atoms with Gasteiger partial charge in [-0.3, -0.25) is 4.98 Å². The molecule has 1 atom stereocenters. The number of pyridine rings is 2. The highest BCUT2D eigenvalue weighted by atomic mass is 19.3. The van der Waals surface area contributed by atoms with Gasteiger partial charge in [0.2, 0.25) is 0 Å². The standard InChI is InChI=1S/C27H23F4N3O2/c1-34(21-5-3-2-4-6-21)25-10-8-20(17-33-25)22(15-18-11-13-32-14-12-18)19-7-9-23(35-26(28)29)24(16-19)36-27(30)31/h2-14,16-17,22,26-27H,15H2,1H3. The number of ether oxygens (including phenoxy) is 2. The fourth-order valence-electron chi connectivity index (χ4n) is 3.89. The molecular formula is C27H23F4N3O2. The Morgan fingerprint density at radius 2 is 1.44 bits per heavy atom. The van der Waals surface area contributed by atoms with Gasteiger partial charge in [0.15, 0.2) is 11.5 Å². The molecule has 2 aromatic carbocycles. The molecule has 186 valence electrons. The van der Waals surface area contributed by atoms with Crippen LogP contribution in [0.3, 0.4) is 0 Å². The fraction of sp³-hybridized carbons (Fsp3) is 0.185. The predicted molar refractivity (Wildman–Crippen MR) is 128 cm³/mol. The van der Waals surface area contributed by atoms with Crippen LogP contribution in [0.1, 0.15) is 22.6 Å². The molecule has 0 saturated heterocycles. The van der Waals surface area contributed by atoms with E-state index in [1.165, 1.54) is 12.1 Å². The third kappa shape index (κ3) is 6.29. The van der Waals surface area contributed by atoms with Gasteiger partial charge in [0.1, 0.15) is 5.82 Å². The molecule has 0 radical (unpaired) electrons. The van der Waals surface area contributed by atoms with Gasteiger partial charge in [-0.2, -0.15) is 17.6 Å². The van der Waals surface area contributed by atoms with Gasteiger partial charge in [-0.05, 0) is 65.6 Å². The maximum absolute atomic E-state index is 13.0. The van der Waals surface area contributed by atoms with Crippen molar-refractivity contribution in [1.82, 2.24) is 9.97 Å². The van der Waals surface area contributed by atoms with Crippen molar-refractivity contribution >= 4 is 11.5 Å². The number of para-hydroxylation sites is 1. The Morgan fingerprint density at radius 3 is 2.08 bits per heavy atom. The zero-order chi connectivity index (χ0) is 25.5. The quantitative estimate of drug-likeness (QED) is 0.225. The minimum Gasteiger partial charge on any atom is -0.431 e. The minimum atomic E-state index is -3.20. The summed E-state index contributed by atoms with van der Waals surface area (Å²) in [6, 6.07) is 21.3. The summed E-state index contributed by atoms with van der Waals surface area (Å²) in [6.45, 7) is -6.38. The Kier molecular flexibility index (Phi) is 7.99. The second kappa shape index (κ2) is 11.5. The Hall–Kier alpha value is -4.14. The van der Waals surface area contributed by atoms with Crippen molar-refractivity contribution in [1.29, 1.82) is 0 Å². The van der Waals surface area contributed by atoms with Crippen LogP contribution >= 0.6 is 0 Å². The molecule has 1 unspecified atom stereocenters. The number of aromatic nitrogens is 2. The number of anilines is 2. The van der Waals surface area contributed by atoms with Crippen LogP contribution in [0.25, 0.3) is 0 Å². The van der Waals surface area contributed by atoms with Crippen molar-refractivity contribution < 1.29 is 27.0 Å². The van der Waals surface area contributed by atoms with Gasteiger partial charge in [0.05, 0.1) is 0 Å². The van der Waals surface area contributed by atoms with Crippen LogP contribution in [0, 0.1) is 0 Å². The van der Waals surface area contributed by atoms with E-state index in [0.717, 1.165) is 22.6 Å². The van der Waals surface area contributed by atoms with Gasteiger partial charge in [-0.1, -0.05) is 30.3 Å². The highest BCUT2D eigenvalue weighted by molar-refractivity contribution is 5.59. The molecule has 9 heteroatoms. The Bertz CT molecular complexity index is 1240. The van der Waals surface area contributed by atoms with Crippen LogP contribution in [0.4, 0.5) is 29.1 Å². The van der Waals surface area contributed by atoms with E-state index in [0.29, 0.717) is 12.0 Å². The van der Waals surface area contributed by atoms with Gasteiger partial charge in [0.25, 0.3) is 0 Å². The molecule has 0 spiro atoms. The molecule has 4 rings (SSSR count). The number of nitrogens with zero attached hydrogens (tertiary/aromatic N) is 3. The van der Waals surface area contributed by atoms with Crippen LogP contribution in [-0.4, -0.2) is 30.2 Å². The molecule has 0 N–H and O–H groups in total. The Labute approximate surface area is 206 Å². The Balaban J connectivity index is 1.70. The Morgan fingerprint density at radius 1 is 0.778 bits per heavy atom. The summed E-state index contributed by atoms with van der Waals surface area (Å²) in [5.41, 5.74) is 3.30. The molecule has 0 aliphatic heterocycles. The van der Waals surface area contributed by atoms with Gasteiger partial charge < -0.3 is 14.4 Å². The molecule has 36 heavy (non-hydrogen) atoms. The van der Waals surface area contributed by atoms with E-state index in [9.17, 15) is 17.6 Å². The molecule has 0 aliphatic rings. The van der Waals surface area contributed by atoms with E-state index in [-0.39, 0.29) is 5.92 Å². The van der Waals surface area contributed by atoms with E-state index in [2.05, 4.69) is 19.4 Å². The third-order valence-electron chi connectivity index (χ3n) is 5.65. The van der Waals surface area contributed by atoms with E-state index in [1.807, 2.05) is 66.5 Å². The van der Waals surface area contributed by atoms with Crippen LogP contribution < -0.4 is 14.4 Å². The van der Waals surface area contributed by atoms with E-state index in [1.54, 1.807) is 24.7 Å². The zero-order valence-electron chi connectivity index (χ0n) is 19.3. The SMILES string of the molecule is CN(c1ccccc1)c1ccc(C(Cc2ccncc2)c2ccc(OC(F)F)c(OC(F)F)c2)cn1. The highest BCUT2D eigenvalue weighted by Crippen LogP contribution is 2.37. The average molecular weight is 497 g/mol. The molecule has 0 bridgehead atoms. The summed E-state index contributed by atoms with van der Waals surface area (Å²) in [4.78, 5) is 10.6. The van der Waals surface area contributed by atoms with Crippen molar-refractivity contribution in [2.45, 2.75) is 25.6 Å². The first-order valence-electron chi connectivity index (χ1n) is 11.1. The molecule has 2 aromatic heterocycles. The lowest BCUT2D eigenvalue weighted by Crippen LogP contribution is -2.12. The molecule has 0 amide bonds. The maximum Gasteiger partial charge on any atom is 0.387 e. The van der Waals surface area contributed by atoms with Gasteiger partial charge in [0, 0.05) is 37.2 Å². The topological polar surface area (TPSA) is 47.5 Å². The molecule has 0 fully saturated rings. The van der Waals surface area contributed by atoms with E-state index < -0.39 is 24.7 Å². The van der Waals surface area contributed by atoms with Gasteiger partial charge in [-0.25, -0.2) is 4.98 Å². The summed E-state index contributed by atoms with van der Waals surface area (Å²) in [6.07, 6.45) is 5.53. The minimum absolute atomic E-state index is 0.336. The molecule has 0 saturated carbocycles. The van der Waals surface area contributed by atoms with Crippen LogP contribution in [0.2, 0.25) is 0 Å². The van der Waals surface area contributed by atoms with Crippen molar-refractivity contribution in [3.63, 3.8) is 0 Å². The highest BCUT2D eigenvalue weighted by Gasteiger charge is 2.21. The summed E-state index contributed by atoms with van der Waals surface area (Å²) >= 11 is 0.